The molecule has 0 amide bonds. The van der Waals surface area contributed by atoms with Gasteiger partial charge in [0.1, 0.15) is 5.01 Å². The Morgan fingerprint density at radius 1 is 1.19 bits per heavy atom. The number of benzene rings is 2. The zero-order valence-electron chi connectivity index (χ0n) is 13.8. The highest BCUT2D eigenvalue weighted by Gasteiger charge is 2.15. The maximum absolute atomic E-state index is 12.9. The number of halogens is 2. The smallest absolute Gasteiger partial charge is 0.308 e. The van der Waals surface area contributed by atoms with Crippen molar-refractivity contribution in [2.24, 2.45) is 0 Å². The summed E-state index contributed by atoms with van der Waals surface area (Å²) >= 11 is 13.7. The number of carboxylic acids is 1. The van der Waals surface area contributed by atoms with Crippen LogP contribution < -0.4 is 5.56 Å². The van der Waals surface area contributed by atoms with Crippen molar-refractivity contribution in [2.75, 3.05) is 0 Å². The van der Waals surface area contributed by atoms with Crippen LogP contribution in [0.15, 0.2) is 47.3 Å². The normalized spacial score (nSPS) is 11.3. The lowest BCUT2D eigenvalue weighted by molar-refractivity contribution is -0.136. The molecule has 2 aromatic carbocycles. The highest BCUT2D eigenvalue weighted by molar-refractivity contribution is 7.19. The van der Waals surface area contributed by atoms with E-state index >= 15 is 0 Å². The maximum Gasteiger partial charge on any atom is 0.308 e. The number of carbonyl (C=O) groups is 1. The van der Waals surface area contributed by atoms with Crippen molar-refractivity contribution in [1.29, 1.82) is 0 Å². The Morgan fingerprint density at radius 3 is 2.74 bits per heavy atom. The fraction of sp³-hybridized carbons (Fsp3) is 0.105. The largest absolute Gasteiger partial charge is 0.481 e. The Hall–Kier alpha value is -2.41. The number of nitrogens with zero attached hydrogens (tertiary/aromatic N) is 2. The summed E-state index contributed by atoms with van der Waals surface area (Å²) in [5, 5.41) is 11.6. The van der Waals surface area contributed by atoms with Gasteiger partial charge in [0, 0.05) is 10.6 Å². The number of aromatic nitrogens is 2. The van der Waals surface area contributed by atoms with Crippen LogP contribution >= 0.6 is 34.5 Å². The van der Waals surface area contributed by atoms with Crippen molar-refractivity contribution in [3.63, 3.8) is 0 Å². The third-order valence-electron chi connectivity index (χ3n) is 4.17. The first kappa shape index (κ1) is 18.0. The van der Waals surface area contributed by atoms with Gasteiger partial charge >= 0.3 is 5.97 Å². The summed E-state index contributed by atoms with van der Waals surface area (Å²) in [6.07, 6.45) is -0.328. The molecule has 27 heavy (non-hydrogen) atoms. The van der Waals surface area contributed by atoms with E-state index in [9.17, 15) is 9.59 Å². The number of pyridine rings is 1. The van der Waals surface area contributed by atoms with Crippen LogP contribution in [0, 0.1) is 0 Å². The fourth-order valence-corrected chi connectivity index (χ4v) is 4.58. The molecule has 0 radical (unpaired) electrons. The molecule has 5 nitrogen and oxygen atoms in total. The van der Waals surface area contributed by atoms with Crippen LogP contribution in [0.3, 0.4) is 0 Å². The third-order valence-corrected chi connectivity index (χ3v) is 5.88. The van der Waals surface area contributed by atoms with E-state index in [-0.39, 0.29) is 24.1 Å². The highest BCUT2D eigenvalue weighted by Crippen LogP contribution is 2.32. The second-order valence-electron chi connectivity index (χ2n) is 6.03. The predicted molar refractivity (Wildman–Crippen MR) is 108 cm³/mol. The molecule has 0 fully saturated rings. The minimum Gasteiger partial charge on any atom is -0.481 e. The number of hydrogen-bond donors (Lipinski definition) is 1. The summed E-state index contributed by atoms with van der Waals surface area (Å²) in [4.78, 5) is 28.6. The van der Waals surface area contributed by atoms with Gasteiger partial charge in [-0.1, -0.05) is 41.4 Å². The summed E-state index contributed by atoms with van der Waals surface area (Å²) in [5.41, 5.74) is 1.30. The number of thiazole rings is 1. The molecule has 4 rings (SSSR count). The summed E-state index contributed by atoms with van der Waals surface area (Å²) in [5.74, 6) is -1.05. The number of carboxylic acid groups (broad SMARTS) is 1. The van der Waals surface area contributed by atoms with E-state index in [4.69, 9.17) is 28.3 Å². The summed E-state index contributed by atoms with van der Waals surface area (Å²) in [7, 11) is 0. The lowest BCUT2D eigenvalue weighted by Gasteiger charge is -2.11. The third kappa shape index (κ3) is 3.43. The lowest BCUT2D eigenvalue weighted by Crippen LogP contribution is -2.26. The van der Waals surface area contributed by atoms with Crippen LogP contribution in [0.1, 0.15) is 10.6 Å². The summed E-state index contributed by atoms with van der Waals surface area (Å²) in [6, 6.07) is 12.4. The first-order valence-electron chi connectivity index (χ1n) is 8.00. The van der Waals surface area contributed by atoms with Crippen molar-refractivity contribution in [3.05, 3.63) is 73.4 Å². The van der Waals surface area contributed by atoms with Crippen LogP contribution in [-0.2, 0) is 17.8 Å². The number of fused-ring (bicyclic) bond motifs is 2. The molecule has 0 saturated heterocycles. The van der Waals surface area contributed by atoms with Gasteiger partial charge in [-0.3, -0.25) is 9.59 Å². The van der Waals surface area contributed by atoms with E-state index in [1.807, 2.05) is 24.3 Å². The summed E-state index contributed by atoms with van der Waals surface area (Å²) in [6.45, 7) is 0.222. The Kier molecular flexibility index (Phi) is 4.63. The van der Waals surface area contributed by atoms with Gasteiger partial charge in [-0.25, -0.2) is 4.98 Å². The molecule has 2 heterocycles. The van der Waals surface area contributed by atoms with Crippen LogP contribution in [0.4, 0.5) is 0 Å². The molecular weight excluding hydrogens is 407 g/mol. The van der Waals surface area contributed by atoms with Crippen LogP contribution in [0.2, 0.25) is 10.0 Å². The fourth-order valence-electron chi connectivity index (χ4n) is 3.04. The molecule has 0 aliphatic rings. The summed E-state index contributed by atoms with van der Waals surface area (Å²) < 4.78 is 2.36. The van der Waals surface area contributed by atoms with Crippen molar-refractivity contribution in [1.82, 2.24) is 9.55 Å². The molecule has 136 valence electrons. The number of rotatable bonds is 4. The maximum atomic E-state index is 12.9. The molecule has 0 saturated carbocycles. The zero-order chi connectivity index (χ0) is 19.1. The first-order chi connectivity index (χ1) is 12.9. The van der Waals surface area contributed by atoms with Crippen LogP contribution in [0.5, 0.6) is 0 Å². The topological polar surface area (TPSA) is 72.2 Å². The molecule has 1 N–H and O–H groups in total. The Labute approximate surface area is 167 Å². The Bertz CT molecular complexity index is 1260. The molecule has 2 aromatic heterocycles. The second-order valence-corrected chi connectivity index (χ2v) is 7.96. The van der Waals surface area contributed by atoms with E-state index in [1.165, 1.54) is 11.3 Å². The molecule has 0 atom stereocenters. The van der Waals surface area contributed by atoms with Gasteiger partial charge < -0.3 is 9.67 Å². The van der Waals surface area contributed by atoms with Crippen molar-refractivity contribution in [3.8, 4) is 0 Å². The predicted octanol–water partition coefficient (Wildman–Crippen LogP) is 4.59. The highest BCUT2D eigenvalue weighted by atomic mass is 35.5. The van der Waals surface area contributed by atoms with Gasteiger partial charge in [-0.15, -0.1) is 11.3 Å². The quantitative estimate of drug-likeness (QED) is 0.525. The van der Waals surface area contributed by atoms with E-state index in [0.717, 1.165) is 15.6 Å². The standard InChI is InChI=1S/C19H12Cl2N2O3S/c20-12-7-13(21)18-14(8-12)22-16(27-18)9-23-15-4-2-1-3-10(15)5-11(19(23)26)6-17(24)25/h1-5,7-8H,6,9H2,(H,24,25). The minimum absolute atomic E-state index is 0.222. The molecule has 4 aromatic rings. The minimum atomic E-state index is -1.05. The van der Waals surface area contributed by atoms with E-state index < -0.39 is 5.97 Å². The lowest BCUT2D eigenvalue weighted by atomic mass is 10.1. The molecule has 8 heteroatoms. The number of para-hydroxylation sites is 1. The monoisotopic (exact) mass is 418 g/mol. The molecule has 0 aliphatic heterocycles. The number of aliphatic carboxylic acids is 1. The van der Waals surface area contributed by atoms with Crippen LogP contribution in [-0.4, -0.2) is 20.6 Å². The Morgan fingerprint density at radius 2 is 1.96 bits per heavy atom. The number of hydrogen-bond acceptors (Lipinski definition) is 4. The van der Waals surface area contributed by atoms with Gasteiger partial charge in [-0.05, 0) is 29.7 Å². The molecule has 0 unspecified atom stereocenters. The molecular formula is C19H12Cl2N2O3S. The van der Waals surface area contributed by atoms with E-state index in [2.05, 4.69) is 4.98 Å². The van der Waals surface area contributed by atoms with Gasteiger partial charge in [0.25, 0.3) is 5.56 Å². The van der Waals surface area contributed by atoms with Crippen molar-refractivity contribution >= 4 is 61.6 Å². The average molecular weight is 419 g/mol. The SMILES string of the molecule is O=C(O)Cc1cc2ccccc2n(Cc2nc3cc(Cl)cc(Cl)c3s2)c1=O. The van der Waals surface area contributed by atoms with Crippen molar-refractivity contribution < 1.29 is 9.90 Å². The second kappa shape index (κ2) is 6.96. The van der Waals surface area contributed by atoms with Gasteiger partial charge in [0.2, 0.25) is 0 Å². The van der Waals surface area contributed by atoms with Gasteiger partial charge in [0.05, 0.1) is 33.7 Å². The molecule has 0 aliphatic carbocycles. The van der Waals surface area contributed by atoms with E-state index in [1.54, 1.807) is 22.8 Å². The van der Waals surface area contributed by atoms with E-state index in [0.29, 0.717) is 20.6 Å². The van der Waals surface area contributed by atoms with Crippen molar-refractivity contribution in [2.45, 2.75) is 13.0 Å². The van der Waals surface area contributed by atoms with Crippen LogP contribution in [0.25, 0.3) is 21.1 Å². The molecule has 0 spiro atoms. The van der Waals surface area contributed by atoms with Gasteiger partial charge in [-0.2, -0.15) is 0 Å². The Balaban J connectivity index is 1.88. The zero-order valence-corrected chi connectivity index (χ0v) is 16.1. The van der Waals surface area contributed by atoms with Gasteiger partial charge in [0.15, 0.2) is 0 Å². The average Bonchev–Trinajstić information content (AvgIpc) is 3.01. The molecule has 0 bridgehead atoms. The first-order valence-corrected chi connectivity index (χ1v) is 9.57.